The van der Waals surface area contributed by atoms with Crippen LogP contribution < -0.4 is 0 Å². The highest BCUT2D eigenvalue weighted by Crippen LogP contribution is 2.35. The SMILES string of the molecule is CC1(C)CC(=O)c2cnc(C3CCCCCCC3)nc2C1. The molecule has 1 heterocycles. The Bertz CT molecular complexity index is 528. The van der Waals surface area contributed by atoms with Crippen molar-refractivity contribution in [2.45, 2.75) is 77.6 Å². The lowest BCUT2D eigenvalue weighted by Gasteiger charge is -2.29. The molecule has 0 aliphatic heterocycles. The van der Waals surface area contributed by atoms with Crippen molar-refractivity contribution < 1.29 is 4.79 Å². The summed E-state index contributed by atoms with van der Waals surface area (Å²) in [7, 11) is 0. The molecule has 0 bridgehead atoms. The van der Waals surface area contributed by atoms with Gasteiger partial charge in [-0.3, -0.25) is 4.79 Å². The summed E-state index contributed by atoms with van der Waals surface area (Å²) in [5.41, 5.74) is 1.80. The maximum absolute atomic E-state index is 12.2. The Morgan fingerprint density at radius 1 is 1.05 bits per heavy atom. The fourth-order valence-corrected chi connectivity index (χ4v) is 3.76. The number of aromatic nitrogens is 2. The first-order chi connectivity index (χ1) is 10.1. The number of carbonyl (C=O) groups is 1. The van der Waals surface area contributed by atoms with Crippen molar-refractivity contribution in [3.05, 3.63) is 23.3 Å². The van der Waals surface area contributed by atoms with E-state index in [1.54, 1.807) is 6.20 Å². The number of fused-ring (bicyclic) bond motifs is 1. The first-order valence-corrected chi connectivity index (χ1v) is 8.44. The van der Waals surface area contributed by atoms with E-state index in [2.05, 4.69) is 18.8 Å². The minimum atomic E-state index is 0.0383. The predicted molar refractivity (Wildman–Crippen MR) is 83.5 cm³/mol. The number of Topliss-reactive ketones (excluding diaryl/α,β-unsaturated/α-hetero) is 1. The van der Waals surface area contributed by atoms with E-state index in [-0.39, 0.29) is 11.2 Å². The average Bonchev–Trinajstić information content (AvgIpc) is 2.36. The van der Waals surface area contributed by atoms with Crippen LogP contribution in [0.2, 0.25) is 0 Å². The second kappa shape index (κ2) is 5.86. The third-order valence-electron chi connectivity index (χ3n) is 4.94. The Kier molecular flexibility index (Phi) is 4.10. The van der Waals surface area contributed by atoms with Gasteiger partial charge in [0.05, 0.1) is 11.3 Å². The van der Waals surface area contributed by atoms with Crippen molar-refractivity contribution in [3.63, 3.8) is 0 Å². The van der Waals surface area contributed by atoms with Crippen LogP contribution in [-0.2, 0) is 6.42 Å². The zero-order valence-electron chi connectivity index (χ0n) is 13.3. The van der Waals surface area contributed by atoms with Crippen molar-refractivity contribution in [1.82, 2.24) is 9.97 Å². The molecule has 1 aromatic heterocycles. The Labute approximate surface area is 127 Å². The van der Waals surface area contributed by atoms with Crippen LogP contribution in [0.15, 0.2) is 6.20 Å². The first-order valence-electron chi connectivity index (χ1n) is 8.44. The highest BCUT2D eigenvalue weighted by atomic mass is 16.1. The lowest BCUT2D eigenvalue weighted by atomic mass is 9.76. The normalized spacial score (nSPS) is 23.2. The topological polar surface area (TPSA) is 42.9 Å². The molecule has 2 aliphatic carbocycles. The minimum absolute atomic E-state index is 0.0383. The van der Waals surface area contributed by atoms with E-state index in [0.29, 0.717) is 12.3 Å². The molecule has 0 N–H and O–H groups in total. The van der Waals surface area contributed by atoms with Crippen molar-refractivity contribution in [2.75, 3.05) is 0 Å². The summed E-state index contributed by atoms with van der Waals surface area (Å²) in [6, 6.07) is 0. The molecule has 1 saturated carbocycles. The molecular formula is C18H26N2O. The van der Waals surface area contributed by atoms with Gasteiger partial charge in [-0.15, -0.1) is 0 Å². The monoisotopic (exact) mass is 286 g/mol. The summed E-state index contributed by atoms with van der Waals surface area (Å²) in [4.78, 5) is 21.6. The second-order valence-corrected chi connectivity index (χ2v) is 7.57. The van der Waals surface area contributed by atoms with E-state index in [0.717, 1.165) is 23.5 Å². The Morgan fingerprint density at radius 3 is 2.43 bits per heavy atom. The second-order valence-electron chi connectivity index (χ2n) is 7.57. The van der Waals surface area contributed by atoms with Crippen LogP contribution >= 0.6 is 0 Å². The van der Waals surface area contributed by atoms with Gasteiger partial charge < -0.3 is 0 Å². The van der Waals surface area contributed by atoms with Crippen LogP contribution in [0.5, 0.6) is 0 Å². The fourth-order valence-electron chi connectivity index (χ4n) is 3.76. The summed E-state index contributed by atoms with van der Waals surface area (Å²) in [6.07, 6.45) is 12.4. The van der Waals surface area contributed by atoms with Gasteiger partial charge in [0.25, 0.3) is 0 Å². The zero-order valence-corrected chi connectivity index (χ0v) is 13.3. The van der Waals surface area contributed by atoms with Crippen LogP contribution in [0.1, 0.15) is 93.0 Å². The number of ketones is 1. The van der Waals surface area contributed by atoms with Crippen LogP contribution in [0.3, 0.4) is 0 Å². The van der Waals surface area contributed by atoms with Crippen LogP contribution in [0.4, 0.5) is 0 Å². The van der Waals surface area contributed by atoms with Gasteiger partial charge in [0.1, 0.15) is 5.82 Å². The number of hydrogen-bond donors (Lipinski definition) is 0. The molecule has 3 heteroatoms. The Hall–Kier alpha value is -1.25. The van der Waals surface area contributed by atoms with E-state index in [4.69, 9.17) is 4.98 Å². The van der Waals surface area contributed by atoms with Gasteiger partial charge in [-0.1, -0.05) is 46.0 Å². The Balaban J connectivity index is 1.86. The largest absolute Gasteiger partial charge is 0.294 e. The molecule has 0 spiro atoms. The van der Waals surface area contributed by atoms with Crippen LogP contribution in [0, 0.1) is 5.41 Å². The van der Waals surface area contributed by atoms with Gasteiger partial charge in [-0.25, -0.2) is 9.97 Å². The molecule has 114 valence electrons. The predicted octanol–water partition coefficient (Wildman–Crippen LogP) is 4.46. The van der Waals surface area contributed by atoms with Gasteiger partial charge in [-0.05, 0) is 24.7 Å². The molecule has 21 heavy (non-hydrogen) atoms. The number of nitrogens with zero attached hydrogens (tertiary/aromatic N) is 2. The summed E-state index contributed by atoms with van der Waals surface area (Å²) in [5, 5.41) is 0. The summed E-state index contributed by atoms with van der Waals surface area (Å²) in [5.74, 6) is 1.70. The molecule has 1 fully saturated rings. The lowest BCUT2D eigenvalue weighted by Crippen LogP contribution is -2.28. The highest BCUT2D eigenvalue weighted by molar-refractivity contribution is 5.98. The van der Waals surface area contributed by atoms with E-state index >= 15 is 0 Å². The number of hydrogen-bond acceptors (Lipinski definition) is 3. The number of carbonyl (C=O) groups excluding carboxylic acids is 1. The molecule has 1 aromatic rings. The maximum atomic E-state index is 12.2. The van der Waals surface area contributed by atoms with Crippen molar-refractivity contribution in [2.24, 2.45) is 5.41 Å². The van der Waals surface area contributed by atoms with E-state index in [9.17, 15) is 4.79 Å². The lowest BCUT2D eigenvalue weighted by molar-refractivity contribution is 0.0909. The smallest absolute Gasteiger partial charge is 0.166 e. The molecule has 0 aromatic carbocycles. The summed E-state index contributed by atoms with van der Waals surface area (Å²) < 4.78 is 0. The third kappa shape index (κ3) is 3.33. The molecule has 0 atom stereocenters. The van der Waals surface area contributed by atoms with E-state index in [1.807, 2.05) is 0 Å². The quantitative estimate of drug-likeness (QED) is 0.765. The molecule has 2 aliphatic rings. The van der Waals surface area contributed by atoms with Gasteiger partial charge in [0.2, 0.25) is 0 Å². The van der Waals surface area contributed by atoms with Crippen molar-refractivity contribution >= 4 is 5.78 Å². The van der Waals surface area contributed by atoms with Crippen molar-refractivity contribution in [1.29, 1.82) is 0 Å². The van der Waals surface area contributed by atoms with E-state index < -0.39 is 0 Å². The van der Waals surface area contributed by atoms with Crippen molar-refractivity contribution in [3.8, 4) is 0 Å². The third-order valence-corrected chi connectivity index (χ3v) is 4.94. The zero-order chi connectivity index (χ0) is 14.9. The van der Waals surface area contributed by atoms with Gasteiger partial charge in [0.15, 0.2) is 5.78 Å². The molecule has 3 rings (SSSR count). The van der Waals surface area contributed by atoms with Gasteiger partial charge >= 0.3 is 0 Å². The summed E-state index contributed by atoms with van der Waals surface area (Å²) >= 11 is 0. The Morgan fingerprint density at radius 2 is 1.71 bits per heavy atom. The molecule has 0 unspecified atom stereocenters. The molecule has 0 radical (unpaired) electrons. The van der Waals surface area contributed by atoms with Crippen LogP contribution in [-0.4, -0.2) is 15.8 Å². The summed E-state index contributed by atoms with van der Waals surface area (Å²) in [6.45, 7) is 4.32. The maximum Gasteiger partial charge on any atom is 0.166 e. The standard InChI is InChI=1S/C18H26N2O/c1-18(2)10-15-14(16(21)11-18)12-19-17(20-15)13-8-6-4-3-5-7-9-13/h12-13H,3-11H2,1-2H3. The average molecular weight is 286 g/mol. The molecule has 3 nitrogen and oxygen atoms in total. The van der Waals surface area contributed by atoms with Gasteiger partial charge in [-0.2, -0.15) is 0 Å². The fraction of sp³-hybridized carbons (Fsp3) is 0.722. The van der Waals surface area contributed by atoms with E-state index in [1.165, 1.54) is 44.9 Å². The first kappa shape index (κ1) is 14.7. The minimum Gasteiger partial charge on any atom is -0.294 e. The highest BCUT2D eigenvalue weighted by Gasteiger charge is 2.32. The molecule has 0 amide bonds. The number of rotatable bonds is 1. The van der Waals surface area contributed by atoms with Crippen LogP contribution in [0.25, 0.3) is 0 Å². The van der Waals surface area contributed by atoms with Gasteiger partial charge in [0, 0.05) is 18.5 Å². The molecule has 0 saturated heterocycles. The molecular weight excluding hydrogens is 260 g/mol.